The highest BCUT2D eigenvalue weighted by molar-refractivity contribution is 7.90. The first-order chi connectivity index (χ1) is 6.69. The summed E-state index contributed by atoms with van der Waals surface area (Å²) in [6, 6.07) is 0. The van der Waals surface area contributed by atoms with Crippen molar-refractivity contribution < 1.29 is 13.2 Å². The number of rotatable bonds is 2. The summed E-state index contributed by atoms with van der Waals surface area (Å²) < 4.78 is 22.9. The Labute approximate surface area is 91.2 Å². The van der Waals surface area contributed by atoms with Gasteiger partial charge in [-0.3, -0.25) is 4.79 Å². The molecule has 3 nitrogen and oxygen atoms in total. The molecular formula is C11H18O3S. The van der Waals surface area contributed by atoms with Crippen molar-refractivity contribution in [3.8, 4) is 0 Å². The van der Waals surface area contributed by atoms with Crippen LogP contribution in [0.2, 0.25) is 0 Å². The van der Waals surface area contributed by atoms with Crippen molar-refractivity contribution in [2.75, 3.05) is 12.0 Å². The summed E-state index contributed by atoms with van der Waals surface area (Å²) in [7, 11) is -3.08. The van der Waals surface area contributed by atoms with E-state index in [1.54, 1.807) is 0 Å². The van der Waals surface area contributed by atoms with Gasteiger partial charge in [-0.15, -0.1) is 0 Å². The molecule has 0 aliphatic heterocycles. The average molecular weight is 230 g/mol. The van der Waals surface area contributed by atoms with E-state index in [1.165, 1.54) is 6.26 Å². The van der Waals surface area contributed by atoms with Gasteiger partial charge in [0.05, 0.1) is 5.75 Å². The topological polar surface area (TPSA) is 51.2 Å². The van der Waals surface area contributed by atoms with Crippen LogP contribution in [0.5, 0.6) is 0 Å². The van der Waals surface area contributed by atoms with Crippen LogP contribution < -0.4 is 0 Å². The smallest absolute Gasteiger partial charge is 0.148 e. The van der Waals surface area contributed by atoms with Crippen LogP contribution in [0.1, 0.15) is 33.1 Å². The van der Waals surface area contributed by atoms with Gasteiger partial charge >= 0.3 is 0 Å². The van der Waals surface area contributed by atoms with E-state index in [0.717, 1.165) is 12.8 Å². The molecule has 0 aromatic carbocycles. The third kappa shape index (κ3) is 1.37. The van der Waals surface area contributed by atoms with Gasteiger partial charge < -0.3 is 0 Å². The molecule has 0 heterocycles. The number of hydrogen-bond donors (Lipinski definition) is 0. The number of sulfone groups is 1. The van der Waals surface area contributed by atoms with Crippen molar-refractivity contribution in [3.05, 3.63) is 0 Å². The van der Waals surface area contributed by atoms with Crippen LogP contribution in [0.15, 0.2) is 0 Å². The fourth-order valence-corrected chi connectivity index (χ4v) is 5.13. The first-order valence-corrected chi connectivity index (χ1v) is 7.46. The van der Waals surface area contributed by atoms with Crippen LogP contribution in [0.4, 0.5) is 0 Å². The summed E-state index contributed by atoms with van der Waals surface area (Å²) in [5.41, 5.74) is -0.710. The minimum atomic E-state index is -3.08. The molecule has 0 saturated heterocycles. The molecule has 0 aromatic rings. The van der Waals surface area contributed by atoms with Gasteiger partial charge in [-0.05, 0) is 24.2 Å². The highest BCUT2D eigenvalue weighted by Gasteiger charge is 2.64. The van der Waals surface area contributed by atoms with Crippen LogP contribution in [0, 0.1) is 16.7 Å². The van der Waals surface area contributed by atoms with E-state index in [4.69, 9.17) is 0 Å². The van der Waals surface area contributed by atoms with Gasteiger partial charge in [0.1, 0.15) is 15.6 Å². The number of ketones is 1. The molecule has 2 atom stereocenters. The summed E-state index contributed by atoms with van der Waals surface area (Å²) in [4.78, 5) is 12.0. The fraction of sp³-hybridized carbons (Fsp3) is 0.909. The van der Waals surface area contributed by atoms with E-state index in [1.807, 2.05) is 0 Å². The van der Waals surface area contributed by atoms with Crippen LogP contribution in [0.3, 0.4) is 0 Å². The second-order valence-electron chi connectivity index (χ2n) is 5.74. The summed E-state index contributed by atoms with van der Waals surface area (Å²) in [6.07, 6.45) is 3.59. The molecule has 2 rings (SSSR count). The number of carbonyl (C=O) groups excluding carboxylic acids is 1. The van der Waals surface area contributed by atoms with Gasteiger partial charge in [-0.1, -0.05) is 13.8 Å². The molecule has 2 aliphatic carbocycles. The SMILES string of the molecule is CC1(C)C2CC[C@]1(CS(C)(=O)=O)C(=O)C2. The van der Waals surface area contributed by atoms with Crippen molar-refractivity contribution >= 4 is 15.6 Å². The monoisotopic (exact) mass is 230 g/mol. The highest BCUT2D eigenvalue weighted by atomic mass is 32.2. The zero-order valence-electron chi connectivity index (χ0n) is 9.54. The second kappa shape index (κ2) is 2.84. The first kappa shape index (κ1) is 11.1. The molecule has 15 heavy (non-hydrogen) atoms. The molecule has 0 radical (unpaired) electrons. The van der Waals surface area contributed by atoms with Gasteiger partial charge in [-0.2, -0.15) is 0 Å². The minimum Gasteiger partial charge on any atom is -0.299 e. The quantitative estimate of drug-likeness (QED) is 0.721. The van der Waals surface area contributed by atoms with Gasteiger partial charge in [0.15, 0.2) is 0 Å². The lowest BCUT2D eigenvalue weighted by Crippen LogP contribution is -2.41. The Hall–Kier alpha value is -0.380. The Morgan fingerprint density at radius 3 is 2.33 bits per heavy atom. The summed E-state index contributed by atoms with van der Waals surface area (Å²) in [5, 5.41) is 0. The lowest BCUT2D eigenvalue weighted by molar-refractivity contribution is -0.128. The largest absolute Gasteiger partial charge is 0.299 e. The lowest BCUT2D eigenvalue weighted by atomic mass is 9.70. The summed E-state index contributed by atoms with van der Waals surface area (Å²) in [6.45, 7) is 4.11. The Balaban J connectivity index is 2.45. The standard InChI is InChI=1S/C11H18O3S/c1-10(2)8-4-5-11(10,9(12)6-8)7-15(3,13)14/h8H,4-7H2,1-3H3/t8?,11-/m0/s1. The van der Waals surface area contributed by atoms with E-state index in [0.29, 0.717) is 12.3 Å². The highest BCUT2D eigenvalue weighted by Crippen LogP contribution is 2.64. The third-order valence-corrected chi connectivity index (χ3v) is 5.66. The van der Waals surface area contributed by atoms with Crippen molar-refractivity contribution in [2.24, 2.45) is 16.7 Å². The molecule has 0 spiro atoms. The molecule has 86 valence electrons. The number of hydrogen-bond acceptors (Lipinski definition) is 3. The Morgan fingerprint density at radius 2 is 2.00 bits per heavy atom. The maximum atomic E-state index is 12.0. The summed E-state index contributed by atoms with van der Waals surface area (Å²) >= 11 is 0. The number of Topliss-reactive ketones (excluding diaryl/α,β-unsaturated/α-hetero) is 1. The molecule has 1 unspecified atom stereocenters. The predicted molar refractivity (Wildman–Crippen MR) is 58.3 cm³/mol. The molecule has 0 amide bonds. The van der Waals surface area contributed by atoms with Gasteiger partial charge in [0.2, 0.25) is 0 Å². The zero-order chi connectivity index (χ0) is 11.5. The second-order valence-corrected chi connectivity index (χ2v) is 7.88. The van der Waals surface area contributed by atoms with Gasteiger partial charge in [0.25, 0.3) is 0 Å². The average Bonchev–Trinajstić information content (AvgIpc) is 2.34. The van der Waals surface area contributed by atoms with E-state index < -0.39 is 15.3 Å². The fourth-order valence-electron chi connectivity index (χ4n) is 3.56. The van der Waals surface area contributed by atoms with Crippen LogP contribution in [-0.4, -0.2) is 26.2 Å². The molecule has 2 fully saturated rings. The zero-order valence-corrected chi connectivity index (χ0v) is 10.4. The van der Waals surface area contributed by atoms with E-state index >= 15 is 0 Å². The molecule has 4 heteroatoms. The number of fused-ring (bicyclic) bond motifs is 2. The lowest BCUT2D eigenvalue weighted by Gasteiger charge is -2.35. The maximum absolute atomic E-state index is 12.0. The van der Waals surface area contributed by atoms with Crippen molar-refractivity contribution in [3.63, 3.8) is 0 Å². The molecular weight excluding hydrogens is 212 g/mol. The molecule has 0 aromatic heterocycles. The Morgan fingerprint density at radius 1 is 1.40 bits per heavy atom. The predicted octanol–water partition coefficient (Wildman–Crippen LogP) is 1.43. The third-order valence-electron chi connectivity index (χ3n) is 4.65. The van der Waals surface area contributed by atoms with Crippen LogP contribution in [0.25, 0.3) is 0 Å². The molecule has 2 aliphatic rings. The Bertz CT molecular complexity index is 408. The normalized spacial score (nSPS) is 38.6. The summed E-state index contributed by atoms with van der Waals surface area (Å²) in [5.74, 6) is 0.614. The molecule has 2 bridgehead atoms. The van der Waals surface area contributed by atoms with Crippen LogP contribution in [-0.2, 0) is 14.6 Å². The Kier molecular flexibility index (Phi) is 2.11. The van der Waals surface area contributed by atoms with Crippen molar-refractivity contribution in [1.29, 1.82) is 0 Å². The number of carbonyl (C=O) groups is 1. The van der Waals surface area contributed by atoms with Crippen molar-refractivity contribution in [1.82, 2.24) is 0 Å². The van der Waals surface area contributed by atoms with Gasteiger partial charge in [0, 0.05) is 18.1 Å². The first-order valence-electron chi connectivity index (χ1n) is 5.40. The molecule has 2 saturated carbocycles. The van der Waals surface area contributed by atoms with E-state index in [9.17, 15) is 13.2 Å². The maximum Gasteiger partial charge on any atom is 0.148 e. The minimum absolute atomic E-state index is 0.0440. The van der Waals surface area contributed by atoms with Crippen molar-refractivity contribution in [2.45, 2.75) is 33.1 Å². The molecule has 0 N–H and O–H groups in total. The van der Waals surface area contributed by atoms with Gasteiger partial charge in [-0.25, -0.2) is 8.42 Å². The van der Waals surface area contributed by atoms with E-state index in [-0.39, 0.29) is 17.0 Å². The van der Waals surface area contributed by atoms with Crippen LogP contribution >= 0.6 is 0 Å². The van der Waals surface area contributed by atoms with E-state index in [2.05, 4.69) is 13.8 Å².